The predicted molar refractivity (Wildman–Crippen MR) is 75.2 cm³/mol. The van der Waals surface area contributed by atoms with E-state index in [0.717, 1.165) is 0 Å². The lowest BCUT2D eigenvalue weighted by Crippen LogP contribution is -2.51. The van der Waals surface area contributed by atoms with Crippen LogP contribution in [0.15, 0.2) is 24.3 Å². The van der Waals surface area contributed by atoms with Crippen molar-refractivity contribution in [3.63, 3.8) is 0 Å². The molecule has 1 aliphatic heterocycles. The first kappa shape index (κ1) is 15.3. The molecule has 1 aliphatic rings. The van der Waals surface area contributed by atoms with Gasteiger partial charge in [-0.15, -0.1) is 0 Å². The summed E-state index contributed by atoms with van der Waals surface area (Å²) >= 11 is 0. The zero-order chi connectivity index (χ0) is 15.5. The Morgan fingerprint density at radius 3 is 2.90 bits per heavy atom. The second-order valence-electron chi connectivity index (χ2n) is 5.68. The first-order chi connectivity index (χ1) is 9.90. The number of nitrogens with one attached hydrogen (secondary N) is 1. The Hall–Kier alpha value is -2.11. The number of piperidine rings is 1. The summed E-state index contributed by atoms with van der Waals surface area (Å²) in [4.78, 5) is 24.9. The number of carboxylic acid groups (broad SMARTS) is 1. The SMILES string of the molecule is CC1(C(=O)O)CCCN(C(=O)NCc2cccc(F)c2)C1. The van der Waals surface area contributed by atoms with Crippen molar-refractivity contribution in [1.82, 2.24) is 10.2 Å². The second kappa shape index (κ2) is 6.11. The smallest absolute Gasteiger partial charge is 0.317 e. The van der Waals surface area contributed by atoms with Crippen molar-refractivity contribution in [3.05, 3.63) is 35.6 Å². The Kier molecular flexibility index (Phi) is 4.45. The van der Waals surface area contributed by atoms with E-state index in [4.69, 9.17) is 0 Å². The minimum Gasteiger partial charge on any atom is -0.481 e. The molecule has 0 aromatic heterocycles. The fraction of sp³-hybridized carbons (Fsp3) is 0.467. The van der Waals surface area contributed by atoms with E-state index < -0.39 is 11.4 Å². The maximum absolute atomic E-state index is 13.0. The van der Waals surface area contributed by atoms with Crippen LogP contribution in [0.2, 0.25) is 0 Å². The topological polar surface area (TPSA) is 69.6 Å². The number of hydrogen-bond donors (Lipinski definition) is 2. The minimum absolute atomic E-state index is 0.192. The second-order valence-corrected chi connectivity index (χ2v) is 5.68. The summed E-state index contributed by atoms with van der Waals surface area (Å²) in [5.41, 5.74) is -0.226. The molecule has 0 spiro atoms. The fourth-order valence-electron chi connectivity index (χ4n) is 2.52. The molecule has 2 amide bonds. The summed E-state index contributed by atoms with van der Waals surface area (Å²) in [6, 6.07) is 5.69. The molecule has 1 atom stereocenters. The molecule has 1 aromatic rings. The van der Waals surface area contributed by atoms with E-state index in [1.165, 1.54) is 17.0 Å². The number of benzene rings is 1. The number of rotatable bonds is 3. The molecule has 1 fully saturated rings. The van der Waals surface area contributed by atoms with Crippen molar-refractivity contribution in [1.29, 1.82) is 0 Å². The summed E-state index contributed by atoms with van der Waals surface area (Å²) in [6.45, 7) is 2.60. The van der Waals surface area contributed by atoms with Crippen molar-refractivity contribution in [2.45, 2.75) is 26.3 Å². The first-order valence-corrected chi connectivity index (χ1v) is 6.91. The average molecular weight is 294 g/mol. The van der Waals surface area contributed by atoms with Crippen LogP contribution in [0.5, 0.6) is 0 Å². The van der Waals surface area contributed by atoms with Gasteiger partial charge in [-0.1, -0.05) is 12.1 Å². The molecule has 1 heterocycles. The molecule has 5 nitrogen and oxygen atoms in total. The summed E-state index contributed by atoms with van der Waals surface area (Å²) in [6.07, 6.45) is 1.23. The monoisotopic (exact) mass is 294 g/mol. The maximum atomic E-state index is 13.0. The third-order valence-corrected chi connectivity index (χ3v) is 3.83. The van der Waals surface area contributed by atoms with Crippen LogP contribution >= 0.6 is 0 Å². The lowest BCUT2D eigenvalue weighted by Gasteiger charge is -2.37. The maximum Gasteiger partial charge on any atom is 0.317 e. The highest BCUT2D eigenvalue weighted by molar-refractivity contribution is 5.78. The molecule has 2 rings (SSSR count). The molecule has 21 heavy (non-hydrogen) atoms. The summed E-state index contributed by atoms with van der Waals surface area (Å²) < 4.78 is 13.0. The first-order valence-electron chi connectivity index (χ1n) is 6.91. The molecule has 6 heteroatoms. The van der Waals surface area contributed by atoms with Gasteiger partial charge in [0.1, 0.15) is 5.82 Å². The van der Waals surface area contributed by atoms with Crippen molar-refractivity contribution in [3.8, 4) is 0 Å². The van der Waals surface area contributed by atoms with Crippen molar-refractivity contribution >= 4 is 12.0 Å². The third kappa shape index (κ3) is 3.71. The van der Waals surface area contributed by atoms with Gasteiger partial charge in [-0.2, -0.15) is 0 Å². The predicted octanol–water partition coefficient (Wildman–Crippen LogP) is 2.22. The fourth-order valence-corrected chi connectivity index (χ4v) is 2.52. The number of urea groups is 1. The van der Waals surface area contributed by atoms with Crippen LogP contribution in [0, 0.1) is 11.2 Å². The zero-order valence-electron chi connectivity index (χ0n) is 11.9. The molecular weight excluding hydrogens is 275 g/mol. The van der Waals surface area contributed by atoms with E-state index in [-0.39, 0.29) is 24.9 Å². The minimum atomic E-state index is -0.894. The molecule has 1 aromatic carbocycles. The number of nitrogens with zero attached hydrogens (tertiary/aromatic N) is 1. The van der Waals surface area contributed by atoms with Gasteiger partial charge in [-0.05, 0) is 37.5 Å². The van der Waals surface area contributed by atoms with E-state index in [1.54, 1.807) is 19.1 Å². The number of carbonyl (C=O) groups is 2. The van der Waals surface area contributed by atoms with Gasteiger partial charge in [-0.25, -0.2) is 9.18 Å². The van der Waals surface area contributed by atoms with E-state index in [0.29, 0.717) is 24.9 Å². The Morgan fingerprint density at radius 2 is 2.24 bits per heavy atom. The highest BCUT2D eigenvalue weighted by atomic mass is 19.1. The lowest BCUT2D eigenvalue weighted by atomic mass is 9.82. The molecule has 2 N–H and O–H groups in total. The van der Waals surface area contributed by atoms with Crippen molar-refractivity contribution in [2.75, 3.05) is 13.1 Å². The number of carbonyl (C=O) groups excluding carboxylic acids is 1. The van der Waals surface area contributed by atoms with Crippen molar-refractivity contribution in [2.24, 2.45) is 5.41 Å². The number of hydrogen-bond acceptors (Lipinski definition) is 2. The Morgan fingerprint density at radius 1 is 1.48 bits per heavy atom. The van der Waals surface area contributed by atoms with Crippen LogP contribution in [0.25, 0.3) is 0 Å². The molecule has 114 valence electrons. The average Bonchev–Trinajstić information content (AvgIpc) is 2.45. The third-order valence-electron chi connectivity index (χ3n) is 3.83. The van der Waals surface area contributed by atoms with Gasteiger partial charge in [0.25, 0.3) is 0 Å². The molecule has 0 bridgehead atoms. The van der Waals surface area contributed by atoms with Crippen LogP contribution in [0.3, 0.4) is 0 Å². The summed E-state index contributed by atoms with van der Waals surface area (Å²) in [7, 11) is 0. The van der Waals surface area contributed by atoms with Crippen LogP contribution in [-0.4, -0.2) is 35.1 Å². The molecule has 1 unspecified atom stereocenters. The summed E-state index contributed by atoms with van der Waals surface area (Å²) in [5, 5.41) is 11.9. The van der Waals surface area contributed by atoms with Crippen LogP contribution in [-0.2, 0) is 11.3 Å². The van der Waals surface area contributed by atoms with Gasteiger partial charge >= 0.3 is 12.0 Å². The van der Waals surface area contributed by atoms with Gasteiger partial charge in [0.15, 0.2) is 0 Å². The summed E-state index contributed by atoms with van der Waals surface area (Å²) in [5.74, 6) is -1.23. The molecule has 0 aliphatic carbocycles. The lowest BCUT2D eigenvalue weighted by molar-refractivity contribution is -0.150. The number of carboxylic acids is 1. The van der Waals surface area contributed by atoms with Gasteiger partial charge in [0.05, 0.1) is 5.41 Å². The molecule has 0 saturated carbocycles. The van der Waals surface area contributed by atoms with Gasteiger partial charge < -0.3 is 15.3 Å². The quantitative estimate of drug-likeness (QED) is 0.898. The zero-order valence-corrected chi connectivity index (χ0v) is 11.9. The van der Waals surface area contributed by atoms with E-state index in [9.17, 15) is 19.1 Å². The van der Waals surface area contributed by atoms with Gasteiger partial charge in [0, 0.05) is 19.6 Å². The Balaban J connectivity index is 1.93. The number of aliphatic carboxylic acids is 1. The van der Waals surface area contributed by atoms with Crippen LogP contribution in [0.1, 0.15) is 25.3 Å². The van der Waals surface area contributed by atoms with Crippen molar-refractivity contribution < 1.29 is 19.1 Å². The Labute approximate surface area is 122 Å². The normalized spacial score (nSPS) is 21.9. The number of halogens is 1. The highest BCUT2D eigenvalue weighted by Crippen LogP contribution is 2.29. The highest BCUT2D eigenvalue weighted by Gasteiger charge is 2.39. The van der Waals surface area contributed by atoms with Gasteiger partial charge in [0.2, 0.25) is 0 Å². The standard InChI is InChI=1S/C15H19FN2O3/c1-15(13(19)20)6-3-7-18(10-15)14(21)17-9-11-4-2-5-12(16)8-11/h2,4-5,8H,3,6-7,9-10H2,1H3,(H,17,21)(H,19,20). The Bertz CT molecular complexity index is 549. The van der Waals surface area contributed by atoms with Gasteiger partial charge in [-0.3, -0.25) is 4.79 Å². The molecule has 1 saturated heterocycles. The van der Waals surface area contributed by atoms with E-state index in [1.807, 2.05) is 0 Å². The number of likely N-dealkylation sites (tertiary alicyclic amines) is 1. The van der Waals surface area contributed by atoms with Crippen LogP contribution in [0.4, 0.5) is 9.18 Å². The van der Waals surface area contributed by atoms with E-state index >= 15 is 0 Å². The molecule has 0 radical (unpaired) electrons. The van der Waals surface area contributed by atoms with E-state index in [2.05, 4.69) is 5.32 Å². The van der Waals surface area contributed by atoms with Crippen LogP contribution < -0.4 is 5.32 Å². The number of amides is 2. The largest absolute Gasteiger partial charge is 0.481 e. The molecular formula is C15H19FN2O3.